The van der Waals surface area contributed by atoms with E-state index in [2.05, 4.69) is 15.4 Å². The molecule has 144 valence electrons. The Hall–Kier alpha value is -2.48. The Bertz CT molecular complexity index is 640. The normalized spacial score (nSPS) is 13.5. The number of carbonyl (C=O) groups excluding carboxylic acids is 3. The van der Waals surface area contributed by atoms with E-state index in [1.165, 1.54) is 24.3 Å². The summed E-state index contributed by atoms with van der Waals surface area (Å²) in [4.78, 5) is 36.4. The molecule has 0 aromatic heterocycles. The van der Waals surface area contributed by atoms with Crippen LogP contribution < -0.4 is 10.6 Å². The number of aliphatic hydroxyl groups is 1. The Morgan fingerprint density at radius 3 is 2.15 bits per heavy atom. The zero-order valence-corrected chi connectivity index (χ0v) is 15.3. The highest BCUT2D eigenvalue weighted by atomic mass is 19.1. The molecule has 3 N–H and O–H groups in total. The van der Waals surface area contributed by atoms with Crippen molar-refractivity contribution in [3.8, 4) is 0 Å². The van der Waals surface area contributed by atoms with E-state index in [1.807, 2.05) is 0 Å². The predicted molar refractivity (Wildman–Crippen MR) is 92.5 cm³/mol. The van der Waals surface area contributed by atoms with Crippen LogP contribution in [-0.2, 0) is 25.5 Å². The van der Waals surface area contributed by atoms with Crippen molar-refractivity contribution in [3.05, 3.63) is 35.6 Å². The first-order valence-corrected chi connectivity index (χ1v) is 8.13. The summed E-state index contributed by atoms with van der Waals surface area (Å²) >= 11 is 0. The molecule has 7 nitrogen and oxygen atoms in total. The van der Waals surface area contributed by atoms with Crippen LogP contribution in [0.1, 0.15) is 26.3 Å². The lowest BCUT2D eigenvalue weighted by Gasteiger charge is -2.25. The monoisotopic (exact) mass is 368 g/mol. The fraction of sp³-hybridized carbons (Fsp3) is 0.500. The molecular formula is C18H25FN2O5. The number of amides is 2. The van der Waals surface area contributed by atoms with Crippen LogP contribution in [0.15, 0.2) is 24.3 Å². The first-order chi connectivity index (χ1) is 12.1. The minimum Gasteiger partial charge on any atom is -0.467 e. The van der Waals surface area contributed by atoms with Gasteiger partial charge in [0.1, 0.15) is 11.9 Å². The van der Waals surface area contributed by atoms with Crippen molar-refractivity contribution in [2.75, 3.05) is 13.7 Å². The van der Waals surface area contributed by atoms with E-state index in [-0.39, 0.29) is 12.3 Å². The van der Waals surface area contributed by atoms with Gasteiger partial charge in [-0.15, -0.1) is 0 Å². The van der Waals surface area contributed by atoms with Crippen LogP contribution in [0.5, 0.6) is 0 Å². The molecule has 0 saturated carbocycles. The molecule has 0 bridgehead atoms. The number of aliphatic hydroxyl groups excluding tert-OH is 1. The lowest BCUT2D eigenvalue weighted by molar-refractivity contribution is -0.146. The van der Waals surface area contributed by atoms with E-state index in [4.69, 9.17) is 0 Å². The fourth-order valence-electron chi connectivity index (χ4n) is 2.03. The van der Waals surface area contributed by atoms with Crippen LogP contribution in [0.25, 0.3) is 0 Å². The van der Waals surface area contributed by atoms with Crippen molar-refractivity contribution in [3.63, 3.8) is 0 Å². The average Bonchev–Trinajstić information content (AvgIpc) is 2.59. The molecule has 0 radical (unpaired) electrons. The molecule has 0 aliphatic heterocycles. The maximum absolute atomic E-state index is 13.1. The van der Waals surface area contributed by atoms with Crippen LogP contribution in [0.4, 0.5) is 4.39 Å². The van der Waals surface area contributed by atoms with Crippen molar-refractivity contribution in [1.82, 2.24) is 10.6 Å². The first-order valence-electron chi connectivity index (χ1n) is 8.13. The van der Waals surface area contributed by atoms with Gasteiger partial charge in [-0.2, -0.15) is 0 Å². The van der Waals surface area contributed by atoms with Crippen LogP contribution in [0.3, 0.4) is 0 Å². The molecule has 0 aliphatic carbocycles. The molecule has 0 aliphatic rings. The Morgan fingerprint density at radius 2 is 1.69 bits per heavy atom. The highest BCUT2D eigenvalue weighted by Gasteiger charge is 2.30. The van der Waals surface area contributed by atoms with Crippen LogP contribution in [0, 0.1) is 11.2 Å². The Morgan fingerprint density at radius 1 is 1.12 bits per heavy atom. The SMILES string of the molecule is COC(=O)[C@@H](CO)NC(=O)C(Cc1ccc(F)cc1)NC(=O)C(C)(C)C. The third-order valence-corrected chi connectivity index (χ3v) is 3.64. The molecule has 26 heavy (non-hydrogen) atoms. The second kappa shape index (κ2) is 9.28. The Labute approximate surface area is 151 Å². The van der Waals surface area contributed by atoms with E-state index in [1.54, 1.807) is 20.8 Å². The second-order valence-corrected chi connectivity index (χ2v) is 6.87. The molecule has 1 aromatic carbocycles. The van der Waals surface area contributed by atoms with Gasteiger partial charge in [-0.05, 0) is 17.7 Å². The van der Waals surface area contributed by atoms with Gasteiger partial charge in [0.15, 0.2) is 6.04 Å². The molecule has 1 unspecified atom stereocenters. The highest BCUT2D eigenvalue weighted by molar-refractivity contribution is 5.92. The van der Waals surface area contributed by atoms with Gasteiger partial charge in [0.25, 0.3) is 0 Å². The maximum Gasteiger partial charge on any atom is 0.330 e. The predicted octanol–water partition coefficient (Wildman–Crippen LogP) is 0.549. The van der Waals surface area contributed by atoms with Crippen LogP contribution >= 0.6 is 0 Å². The van der Waals surface area contributed by atoms with Crippen LogP contribution in [-0.4, -0.2) is 48.7 Å². The number of esters is 1. The van der Waals surface area contributed by atoms with Gasteiger partial charge in [-0.1, -0.05) is 32.9 Å². The molecule has 0 heterocycles. The quantitative estimate of drug-likeness (QED) is 0.610. The summed E-state index contributed by atoms with van der Waals surface area (Å²) < 4.78 is 17.6. The standard InChI is InChI=1S/C18H25FN2O5/c1-18(2,3)17(25)21-13(9-11-5-7-12(19)8-6-11)15(23)20-14(10-22)16(24)26-4/h5-8,13-14,22H,9-10H2,1-4H3,(H,20,23)(H,21,25)/t13?,14-/m1/s1. The lowest BCUT2D eigenvalue weighted by Crippen LogP contribution is -2.55. The number of methoxy groups -OCH3 is 1. The summed E-state index contributed by atoms with van der Waals surface area (Å²) in [5.41, 5.74) is -0.112. The average molecular weight is 368 g/mol. The number of ether oxygens (including phenoxy) is 1. The van der Waals surface area contributed by atoms with Gasteiger partial charge in [0.05, 0.1) is 13.7 Å². The molecule has 1 aromatic rings. The zero-order valence-electron chi connectivity index (χ0n) is 15.3. The van der Waals surface area contributed by atoms with Crippen LogP contribution in [0.2, 0.25) is 0 Å². The third-order valence-electron chi connectivity index (χ3n) is 3.64. The topological polar surface area (TPSA) is 105 Å². The van der Waals surface area contributed by atoms with Crippen molar-refractivity contribution in [2.24, 2.45) is 5.41 Å². The number of rotatable bonds is 7. The minimum absolute atomic E-state index is 0.0905. The minimum atomic E-state index is -1.24. The summed E-state index contributed by atoms with van der Waals surface area (Å²) in [6.45, 7) is 4.44. The molecule has 8 heteroatoms. The van der Waals surface area contributed by atoms with E-state index in [0.717, 1.165) is 7.11 Å². The molecule has 2 amide bonds. The Kier molecular flexibility index (Phi) is 7.70. The first kappa shape index (κ1) is 21.6. The smallest absolute Gasteiger partial charge is 0.330 e. The van der Waals surface area contributed by atoms with Gasteiger partial charge in [-0.3, -0.25) is 9.59 Å². The van der Waals surface area contributed by atoms with Crippen molar-refractivity contribution in [2.45, 2.75) is 39.3 Å². The van der Waals surface area contributed by atoms with Gasteiger partial charge in [-0.25, -0.2) is 9.18 Å². The summed E-state index contributed by atoms with van der Waals surface area (Å²) in [5.74, 6) is -2.24. The molecule has 1 rings (SSSR count). The van der Waals surface area contributed by atoms with Crippen molar-refractivity contribution >= 4 is 17.8 Å². The van der Waals surface area contributed by atoms with Gasteiger partial charge >= 0.3 is 5.97 Å². The molecule has 0 fully saturated rings. The fourth-order valence-corrected chi connectivity index (χ4v) is 2.03. The third kappa shape index (κ3) is 6.44. The number of hydrogen-bond donors (Lipinski definition) is 3. The van der Waals surface area contributed by atoms with Gasteiger partial charge in [0.2, 0.25) is 11.8 Å². The van der Waals surface area contributed by atoms with E-state index in [9.17, 15) is 23.9 Å². The van der Waals surface area contributed by atoms with Crippen molar-refractivity contribution in [1.29, 1.82) is 0 Å². The maximum atomic E-state index is 13.1. The largest absolute Gasteiger partial charge is 0.467 e. The Balaban J connectivity index is 2.98. The number of carbonyl (C=O) groups is 3. The summed E-state index contributed by atoms with van der Waals surface area (Å²) in [7, 11) is 1.13. The van der Waals surface area contributed by atoms with E-state index >= 15 is 0 Å². The molecule has 2 atom stereocenters. The van der Waals surface area contributed by atoms with Gasteiger partial charge < -0.3 is 20.5 Å². The van der Waals surface area contributed by atoms with E-state index < -0.39 is 41.8 Å². The molecule has 0 spiro atoms. The van der Waals surface area contributed by atoms with Gasteiger partial charge in [0, 0.05) is 11.8 Å². The zero-order chi connectivity index (χ0) is 19.9. The molecule has 0 saturated heterocycles. The number of nitrogens with one attached hydrogen (secondary N) is 2. The number of benzene rings is 1. The number of halogens is 1. The summed E-state index contributed by atoms with van der Waals surface area (Å²) in [6.07, 6.45) is 0.0905. The summed E-state index contributed by atoms with van der Waals surface area (Å²) in [6, 6.07) is 3.26. The van der Waals surface area contributed by atoms with E-state index in [0.29, 0.717) is 5.56 Å². The lowest BCUT2D eigenvalue weighted by atomic mass is 9.94. The highest BCUT2D eigenvalue weighted by Crippen LogP contribution is 2.14. The number of hydrogen-bond acceptors (Lipinski definition) is 5. The van der Waals surface area contributed by atoms with Crippen molar-refractivity contribution < 1.29 is 28.6 Å². The second-order valence-electron chi connectivity index (χ2n) is 6.87. The summed E-state index contributed by atoms with van der Waals surface area (Å²) in [5, 5.41) is 14.2. The molecular weight excluding hydrogens is 343 g/mol.